The van der Waals surface area contributed by atoms with Gasteiger partial charge in [0.2, 0.25) is 0 Å². The van der Waals surface area contributed by atoms with Crippen LogP contribution in [0.15, 0.2) is 57.8 Å². The van der Waals surface area contributed by atoms with Crippen molar-refractivity contribution in [3.05, 3.63) is 64.8 Å². The number of dihydropyridines is 1. The lowest BCUT2D eigenvalue weighted by Gasteiger charge is -2.28. The van der Waals surface area contributed by atoms with Crippen molar-refractivity contribution in [2.24, 2.45) is 9.98 Å². The number of hydrogen-bond donors (Lipinski definition) is 3. The van der Waals surface area contributed by atoms with E-state index in [9.17, 15) is 4.39 Å². The van der Waals surface area contributed by atoms with Crippen molar-refractivity contribution < 1.29 is 9.13 Å². The van der Waals surface area contributed by atoms with Crippen molar-refractivity contribution in [2.45, 2.75) is 13.2 Å². The van der Waals surface area contributed by atoms with E-state index in [0.29, 0.717) is 23.5 Å². The summed E-state index contributed by atoms with van der Waals surface area (Å²) in [5, 5.41) is 13.3. The third kappa shape index (κ3) is 3.62. The number of rotatable bonds is 5. The fourth-order valence-corrected chi connectivity index (χ4v) is 2.75. The molecule has 0 spiro atoms. The number of methoxy groups -OCH3 is 1. The quantitative estimate of drug-likeness (QED) is 0.562. The third-order valence-corrected chi connectivity index (χ3v) is 4.14. The summed E-state index contributed by atoms with van der Waals surface area (Å²) >= 11 is 0. The van der Waals surface area contributed by atoms with Gasteiger partial charge in [0.15, 0.2) is 0 Å². The molecule has 1 aromatic rings. The van der Waals surface area contributed by atoms with Crippen LogP contribution in [0.25, 0.3) is 5.57 Å². The first-order valence-corrected chi connectivity index (χ1v) is 8.17. The van der Waals surface area contributed by atoms with Crippen LogP contribution in [0.4, 0.5) is 4.39 Å². The molecule has 2 heterocycles. The molecule has 2 aliphatic heterocycles. The number of aliphatic imine (C=N–C) groups is 2. The van der Waals surface area contributed by atoms with E-state index in [1.54, 1.807) is 13.2 Å². The zero-order valence-electron chi connectivity index (χ0n) is 14.6. The second-order valence-corrected chi connectivity index (χ2v) is 5.70. The Balaban J connectivity index is 1.83. The summed E-state index contributed by atoms with van der Waals surface area (Å²) in [7, 11) is 1.62. The maximum Gasteiger partial charge on any atom is 0.148 e. The number of allylic oxidation sites excluding steroid dienone is 2. The Labute approximate surface area is 151 Å². The van der Waals surface area contributed by atoms with Gasteiger partial charge in [-0.25, -0.2) is 9.38 Å². The van der Waals surface area contributed by atoms with Crippen LogP contribution in [0.2, 0.25) is 0 Å². The lowest BCUT2D eigenvalue weighted by molar-refractivity contribution is 0.118. The Hall–Kier alpha value is -3.06. The van der Waals surface area contributed by atoms with Gasteiger partial charge in [-0.05, 0) is 36.3 Å². The molecule has 0 bridgehead atoms. The minimum Gasteiger partial charge on any atom is -0.358 e. The van der Waals surface area contributed by atoms with Gasteiger partial charge in [-0.15, -0.1) is 0 Å². The highest BCUT2D eigenvalue weighted by Crippen LogP contribution is 2.20. The van der Waals surface area contributed by atoms with Crippen molar-refractivity contribution in [2.75, 3.05) is 13.7 Å². The molecule has 2 aliphatic rings. The highest BCUT2D eigenvalue weighted by Gasteiger charge is 2.21. The van der Waals surface area contributed by atoms with E-state index in [4.69, 9.17) is 10.1 Å². The van der Waals surface area contributed by atoms with Crippen molar-refractivity contribution >= 4 is 24.0 Å². The predicted octanol–water partition coefficient (Wildman–Crippen LogP) is 2.60. The molecule has 1 atom stereocenters. The average molecular weight is 353 g/mol. The highest BCUT2D eigenvalue weighted by molar-refractivity contribution is 6.11. The smallest absolute Gasteiger partial charge is 0.148 e. The van der Waals surface area contributed by atoms with Crippen LogP contribution in [0.3, 0.4) is 0 Å². The van der Waals surface area contributed by atoms with Gasteiger partial charge in [-0.3, -0.25) is 10.4 Å². The maximum atomic E-state index is 14.7. The maximum absolute atomic E-state index is 14.7. The van der Waals surface area contributed by atoms with Crippen LogP contribution >= 0.6 is 0 Å². The van der Waals surface area contributed by atoms with Gasteiger partial charge in [0.05, 0.1) is 12.1 Å². The molecule has 0 aromatic heterocycles. The van der Waals surface area contributed by atoms with Crippen molar-refractivity contribution in [3.8, 4) is 0 Å². The first-order chi connectivity index (χ1) is 12.7. The van der Waals surface area contributed by atoms with Gasteiger partial charge in [-0.2, -0.15) is 0 Å². The normalized spacial score (nSPS) is 19.7. The van der Waals surface area contributed by atoms with Crippen LogP contribution < -0.4 is 10.6 Å². The van der Waals surface area contributed by atoms with Crippen LogP contribution in [0.1, 0.15) is 18.1 Å². The summed E-state index contributed by atoms with van der Waals surface area (Å²) in [6.45, 7) is 2.30. The SMILES string of the molecule is C/C=C(\C=NC=N)c1ccc(C2=NCC3=C(N2)NC(OC)C=C3)c(F)c1. The second-order valence-electron chi connectivity index (χ2n) is 5.70. The number of nitrogens with one attached hydrogen (secondary N) is 3. The van der Waals surface area contributed by atoms with Gasteiger partial charge in [0.1, 0.15) is 30.0 Å². The molecule has 3 N–H and O–H groups in total. The van der Waals surface area contributed by atoms with Crippen LogP contribution in [0, 0.1) is 11.2 Å². The number of halogens is 1. The molecular weight excluding hydrogens is 333 g/mol. The lowest BCUT2D eigenvalue weighted by Crippen LogP contribution is -2.43. The summed E-state index contributed by atoms with van der Waals surface area (Å²) in [6.07, 6.45) is 7.92. The second kappa shape index (κ2) is 7.88. The molecule has 1 unspecified atom stereocenters. The van der Waals surface area contributed by atoms with E-state index in [0.717, 1.165) is 23.3 Å². The summed E-state index contributed by atoms with van der Waals surface area (Å²) < 4.78 is 20.0. The molecule has 0 saturated heterocycles. The van der Waals surface area contributed by atoms with Gasteiger partial charge >= 0.3 is 0 Å². The minimum absolute atomic E-state index is 0.224. The molecule has 3 rings (SSSR count). The highest BCUT2D eigenvalue weighted by atomic mass is 19.1. The zero-order valence-corrected chi connectivity index (χ0v) is 14.6. The van der Waals surface area contributed by atoms with Crippen molar-refractivity contribution in [1.29, 1.82) is 5.41 Å². The Morgan fingerprint density at radius 3 is 3.00 bits per heavy atom. The van der Waals surface area contributed by atoms with E-state index in [2.05, 4.69) is 20.6 Å². The van der Waals surface area contributed by atoms with Crippen LogP contribution in [-0.2, 0) is 4.74 Å². The summed E-state index contributed by atoms with van der Waals surface area (Å²) in [5.41, 5.74) is 2.82. The molecule has 0 fully saturated rings. The van der Waals surface area contributed by atoms with E-state index in [-0.39, 0.29) is 12.0 Å². The minimum atomic E-state index is -0.380. The van der Waals surface area contributed by atoms with E-state index in [1.807, 2.05) is 31.2 Å². The number of amidine groups is 1. The largest absolute Gasteiger partial charge is 0.358 e. The van der Waals surface area contributed by atoms with Gasteiger partial charge < -0.3 is 15.4 Å². The third-order valence-electron chi connectivity index (χ3n) is 4.14. The van der Waals surface area contributed by atoms with Crippen molar-refractivity contribution in [3.63, 3.8) is 0 Å². The lowest BCUT2D eigenvalue weighted by atomic mass is 10.0. The fraction of sp³-hybridized carbons (Fsp3) is 0.211. The molecule has 7 heteroatoms. The van der Waals surface area contributed by atoms with E-state index in [1.165, 1.54) is 12.3 Å². The number of hydrogen-bond acceptors (Lipinski definition) is 5. The molecule has 1 aromatic carbocycles. The Bertz CT molecular complexity index is 867. The van der Waals surface area contributed by atoms with Gasteiger partial charge in [0, 0.05) is 18.9 Å². The van der Waals surface area contributed by atoms with E-state index < -0.39 is 0 Å². The predicted molar refractivity (Wildman–Crippen MR) is 102 cm³/mol. The van der Waals surface area contributed by atoms with E-state index >= 15 is 0 Å². The molecule has 26 heavy (non-hydrogen) atoms. The zero-order chi connectivity index (χ0) is 18.5. The first kappa shape index (κ1) is 17.8. The average Bonchev–Trinajstić information content (AvgIpc) is 2.67. The molecule has 0 saturated carbocycles. The first-order valence-electron chi connectivity index (χ1n) is 8.17. The summed E-state index contributed by atoms with van der Waals surface area (Å²) in [5.74, 6) is 0.871. The van der Waals surface area contributed by atoms with Crippen molar-refractivity contribution in [1.82, 2.24) is 10.6 Å². The molecule has 0 amide bonds. The standard InChI is InChI=1S/C19H20FN5O/c1-3-12(9-22-11-21)13-4-6-15(16(20)8-13)19-23-10-14-5-7-17(26-2)24-18(14)25-19/h3-9,11,17,21,24H,10H2,1-2H3,(H,23,25)/b12-3+,21-11?,22-9?. The van der Waals surface area contributed by atoms with Gasteiger partial charge in [0.25, 0.3) is 0 Å². The number of nitrogens with zero attached hydrogens (tertiary/aromatic N) is 2. The van der Waals surface area contributed by atoms with Crippen LogP contribution in [0.5, 0.6) is 0 Å². The fourth-order valence-electron chi connectivity index (χ4n) is 2.75. The number of ether oxygens (including phenoxy) is 1. The molecule has 0 radical (unpaired) electrons. The monoisotopic (exact) mass is 353 g/mol. The summed E-state index contributed by atoms with van der Waals surface area (Å²) in [4.78, 5) is 8.22. The molecular formula is C19H20FN5O. The van der Waals surface area contributed by atoms with Crippen LogP contribution in [-0.4, -0.2) is 38.3 Å². The molecule has 134 valence electrons. The topological polar surface area (TPSA) is 81.9 Å². The Kier molecular flexibility index (Phi) is 5.38. The van der Waals surface area contributed by atoms with Gasteiger partial charge in [-0.1, -0.05) is 18.2 Å². The number of benzene rings is 1. The summed E-state index contributed by atoms with van der Waals surface area (Å²) in [6, 6.07) is 4.95. The molecule has 6 nitrogen and oxygen atoms in total. The Morgan fingerprint density at radius 1 is 1.46 bits per heavy atom. The Morgan fingerprint density at radius 2 is 2.31 bits per heavy atom. The molecule has 0 aliphatic carbocycles.